The minimum Gasteiger partial charge on any atom is -0.362 e. The lowest BCUT2D eigenvalue weighted by atomic mass is 9.94. The second-order valence-electron chi connectivity index (χ2n) is 6.75. The summed E-state index contributed by atoms with van der Waals surface area (Å²) < 4.78 is 0. The van der Waals surface area contributed by atoms with Gasteiger partial charge in [-0.05, 0) is 39.8 Å². The first-order chi connectivity index (χ1) is 10.3. The summed E-state index contributed by atoms with van der Waals surface area (Å²) in [4.78, 5) is 18.7. The molecule has 1 N–H and O–H groups in total. The molecule has 0 aliphatic carbocycles. The molecule has 0 spiro atoms. The first-order valence-electron chi connectivity index (χ1n) is 7.36. The number of benzene rings is 1. The van der Waals surface area contributed by atoms with Crippen molar-refractivity contribution in [1.82, 2.24) is 9.88 Å². The highest BCUT2D eigenvalue weighted by atomic mass is 16.3. The molecule has 1 aliphatic heterocycles. The molecule has 3 rings (SSSR count). The summed E-state index contributed by atoms with van der Waals surface area (Å²) in [6.07, 6.45) is 1.61. The maximum Gasteiger partial charge on any atom is 0.259 e. The molecule has 0 bridgehead atoms. The van der Waals surface area contributed by atoms with Crippen LogP contribution < -0.4 is 0 Å². The number of hydrogen-bond donors (Lipinski definition) is 1. The lowest BCUT2D eigenvalue weighted by molar-refractivity contribution is -0.0900. The molecule has 22 heavy (non-hydrogen) atoms. The number of aromatic nitrogens is 1. The van der Waals surface area contributed by atoms with Crippen molar-refractivity contribution < 1.29 is 9.90 Å². The number of rotatable bonds is 1. The van der Waals surface area contributed by atoms with Crippen LogP contribution in [0.1, 0.15) is 48.0 Å². The van der Waals surface area contributed by atoms with Crippen LogP contribution in [0.2, 0.25) is 0 Å². The Labute approximate surface area is 130 Å². The SMILES string of the molecule is Cc1ccc(C2(O)c3ncccc3C(=O)N2C(C)(C)C)cc1. The molecular weight excluding hydrogens is 276 g/mol. The van der Waals surface area contributed by atoms with Crippen LogP contribution in [0.5, 0.6) is 0 Å². The first-order valence-corrected chi connectivity index (χ1v) is 7.36. The average molecular weight is 296 g/mol. The van der Waals surface area contributed by atoms with Gasteiger partial charge in [0.15, 0.2) is 0 Å². The molecule has 4 nitrogen and oxygen atoms in total. The normalized spacial score (nSPS) is 21.1. The second-order valence-corrected chi connectivity index (χ2v) is 6.75. The Morgan fingerprint density at radius 1 is 1.14 bits per heavy atom. The molecule has 0 radical (unpaired) electrons. The molecule has 0 fully saturated rings. The fourth-order valence-corrected chi connectivity index (χ4v) is 3.07. The minimum absolute atomic E-state index is 0.196. The van der Waals surface area contributed by atoms with E-state index < -0.39 is 11.3 Å². The number of fused-ring (bicyclic) bond motifs is 1. The van der Waals surface area contributed by atoms with E-state index in [1.807, 2.05) is 52.0 Å². The molecule has 0 saturated carbocycles. The van der Waals surface area contributed by atoms with Gasteiger partial charge < -0.3 is 5.11 Å². The Kier molecular flexibility index (Phi) is 3.11. The minimum atomic E-state index is -1.54. The van der Waals surface area contributed by atoms with Crippen LogP contribution in [0.25, 0.3) is 0 Å². The zero-order valence-corrected chi connectivity index (χ0v) is 13.3. The molecule has 4 heteroatoms. The number of carbonyl (C=O) groups is 1. The van der Waals surface area contributed by atoms with E-state index in [1.54, 1.807) is 18.3 Å². The molecule has 1 atom stereocenters. The summed E-state index contributed by atoms with van der Waals surface area (Å²) in [5.41, 5.74) is 0.523. The predicted octanol–water partition coefficient (Wildman–Crippen LogP) is 2.84. The number of amides is 1. The van der Waals surface area contributed by atoms with E-state index in [1.165, 1.54) is 4.90 Å². The summed E-state index contributed by atoms with van der Waals surface area (Å²) in [5.74, 6) is -0.196. The Bertz CT molecular complexity index is 731. The lowest BCUT2D eigenvalue weighted by Gasteiger charge is -2.42. The summed E-state index contributed by atoms with van der Waals surface area (Å²) in [5, 5.41) is 11.5. The van der Waals surface area contributed by atoms with Crippen LogP contribution in [-0.4, -0.2) is 26.4 Å². The van der Waals surface area contributed by atoms with Crippen LogP contribution in [0.15, 0.2) is 42.6 Å². The third-order valence-electron chi connectivity index (χ3n) is 4.02. The summed E-state index contributed by atoms with van der Waals surface area (Å²) in [6.45, 7) is 7.73. The maximum atomic E-state index is 12.8. The summed E-state index contributed by atoms with van der Waals surface area (Å²) in [7, 11) is 0. The van der Waals surface area contributed by atoms with Gasteiger partial charge in [-0.3, -0.25) is 14.7 Å². The average Bonchev–Trinajstić information content (AvgIpc) is 2.69. The summed E-state index contributed by atoms with van der Waals surface area (Å²) >= 11 is 0. The predicted molar refractivity (Wildman–Crippen MR) is 84.3 cm³/mol. The van der Waals surface area contributed by atoms with Crippen molar-refractivity contribution in [2.75, 3.05) is 0 Å². The molecule has 0 saturated heterocycles. The van der Waals surface area contributed by atoms with E-state index in [9.17, 15) is 9.90 Å². The maximum absolute atomic E-state index is 12.8. The monoisotopic (exact) mass is 296 g/mol. The van der Waals surface area contributed by atoms with E-state index in [0.29, 0.717) is 16.8 Å². The number of nitrogens with zero attached hydrogens (tertiary/aromatic N) is 2. The molecule has 1 aromatic heterocycles. The van der Waals surface area contributed by atoms with Crippen LogP contribution in [0, 0.1) is 6.92 Å². The Morgan fingerprint density at radius 3 is 2.36 bits per heavy atom. The number of aryl methyl sites for hydroxylation is 1. The van der Waals surface area contributed by atoms with Crippen LogP contribution in [0.4, 0.5) is 0 Å². The number of aliphatic hydroxyl groups is 1. The lowest BCUT2D eigenvalue weighted by Crippen LogP contribution is -2.54. The fraction of sp³-hybridized carbons (Fsp3) is 0.333. The molecule has 1 aliphatic rings. The fourth-order valence-electron chi connectivity index (χ4n) is 3.07. The van der Waals surface area contributed by atoms with Crippen LogP contribution in [0.3, 0.4) is 0 Å². The van der Waals surface area contributed by atoms with Gasteiger partial charge in [-0.25, -0.2) is 0 Å². The van der Waals surface area contributed by atoms with Gasteiger partial charge in [-0.2, -0.15) is 0 Å². The van der Waals surface area contributed by atoms with E-state index >= 15 is 0 Å². The Morgan fingerprint density at radius 2 is 1.77 bits per heavy atom. The van der Waals surface area contributed by atoms with Crippen molar-refractivity contribution in [3.8, 4) is 0 Å². The summed E-state index contributed by atoms with van der Waals surface area (Å²) in [6, 6.07) is 11.0. The van der Waals surface area contributed by atoms with Gasteiger partial charge in [0.1, 0.15) is 5.69 Å². The number of hydrogen-bond acceptors (Lipinski definition) is 3. The van der Waals surface area contributed by atoms with Crippen molar-refractivity contribution >= 4 is 5.91 Å². The quantitative estimate of drug-likeness (QED) is 0.880. The van der Waals surface area contributed by atoms with Crippen LogP contribution in [-0.2, 0) is 5.72 Å². The topological polar surface area (TPSA) is 53.4 Å². The standard InChI is InChI=1S/C18H20N2O2/c1-12-7-9-13(10-8-12)18(22)15-14(6-5-11-19-15)16(21)20(18)17(2,3)4/h5-11,22H,1-4H3. The molecule has 1 unspecified atom stereocenters. The molecule has 114 valence electrons. The second kappa shape index (κ2) is 4.65. The highest BCUT2D eigenvalue weighted by Crippen LogP contribution is 2.44. The highest BCUT2D eigenvalue weighted by molar-refractivity contribution is 6.00. The van der Waals surface area contributed by atoms with E-state index in [0.717, 1.165) is 5.56 Å². The van der Waals surface area contributed by atoms with Gasteiger partial charge in [-0.1, -0.05) is 29.8 Å². The third kappa shape index (κ3) is 1.95. The van der Waals surface area contributed by atoms with Crippen molar-refractivity contribution in [1.29, 1.82) is 0 Å². The molecule has 2 heterocycles. The molecular formula is C18H20N2O2. The van der Waals surface area contributed by atoms with Crippen molar-refractivity contribution in [2.45, 2.75) is 39.0 Å². The zero-order valence-electron chi connectivity index (χ0n) is 13.3. The Hall–Kier alpha value is -2.20. The molecule has 1 aromatic carbocycles. The number of carbonyl (C=O) groups excluding carboxylic acids is 1. The van der Waals surface area contributed by atoms with Gasteiger partial charge >= 0.3 is 0 Å². The smallest absolute Gasteiger partial charge is 0.259 e. The van der Waals surface area contributed by atoms with Crippen molar-refractivity contribution in [3.05, 3.63) is 65.0 Å². The van der Waals surface area contributed by atoms with Gasteiger partial charge in [-0.15, -0.1) is 0 Å². The van der Waals surface area contributed by atoms with Gasteiger partial charge in [0.05, 0.1) is 5.56 Å². The van der Waals surface area contributed by atoms with E-state index in [4.69, 9.17) is 0 Å². The van der Waals surface area contributed by atoms with E-state index in [-0.39, 0.29) is 5.91 Å². The van der Waals surface area contributed by atoms with E-state index in [2.05, 4.69) is 4.98 Å². The first kappa shape index (κ1) is 14.7. The third-order valence-corrected chi connectivity index (χ3v) is 4.02. The zero-order chi connectivity index (χ0) is 16.1. The molecule has 2 aromatic rings. The van der Waals surface area contributed by atoms with Gasteiger partial charge in [0.25, 0.3) is 5.91 Å². The van der Waals surface area contributed by atoms with Crippen molar-refractivity contribution in [2.24, 2.45) is 0 Å². The number of pyridine rings is 1. The molecule has 1 amide bonds. The van der Waals surface area contributed by atoms with Gasteiger partial charge in [0.2, 0.25) is 5.72 Å². The van der Waals surface area contributed by atoms with Crippen LogP contribution >= 0.6 is 0 Å². The van der Waals surface area contributed by atoms with Crippen molar-refractivity contribution in [3.63, 3.8) is 0 Å². The Balaban J connectivity index is 2.29. The largest absolute Gasteiger partial charge is 0.362 e. The van der Waals surface area contributed by atoms with Gasteiger partial charge in [0, 0.05) is 17.3 Å². The highest BCUT2D eigenvalue weighted by Gasteiger charge is 2.54.